The van der Waals surface area contributed by atoms with Crippen LogP contribution in [0.1, 0.15) is 38.5 Å². The average molecular weight is 529 g/mol. The van der Waals surface area contributed by atoms with Crippen molar-refractivity contribution < 1.29 is 42.6 Å². The summed E-state index contributed by atoms with van der Waals surface area (Å²) < 4.78 is 49.8. The van der Waals surface area contributed by atoms with E-state index >= 15 is 0 Å². The maximum absolute atomic E-state index is 5.89. The second kappa shape index (κ2) is 21.8. The Hall–Kier alpha value is -1.14. The van der Waals surface area contributed by atoms with Crippen LogP contribution in [-0.2, 0) is 42.6 Å². The van der Waals surface area contributed by atoms with Gasteiger partial charge in [0.05, 0.1) is 59.5 Å². The third kappa shape index (κ3) is 17.1. The van der Waals surface area contributed by atoms with Crippen molar-refractivity contribution in [2.45, 2.75) is 69.4 Å². The Morgan fingerprint density at radius 3 is 1.41 bits per heavy atom. The van der Waals surface area contributed by atoms with E-state index in [-0.39, 0.29) is 30.9 Å². The number of rotatable bonds is 20. The fraction of sp³-hybridized carbons (Fsp3) is 0.786. The van der Waals surface area contributed by atoms with Gasteiger partial charge in [0.15, 0.2) is 12.6 Å². The smallest absolute Gasteiger partial charge is 0.158 e. The van der Waals surface area contributed by atoms with E-state index in [0.717, 1.165) is 58.3 Å². The molecule has 0 amide bonds. The minimum absolute atomic E-state index is 0.0956. The molecule has 3 rings (SSSR count). The van der Waals surface area contributed by atoms with Gasteiger partial charge in [0.25, 0.3) is 0 Å². The van der Waals surface area contributed by atoms with Gasteiger partial charge in [-0.15, -0.1) is 19.7 Å². The molecule has 0 spiro atoms. The van der Waals surface area contributed by atoms with Gasteiger partial charge in [0, 0.05) is 13.2 Å². The first kappa shape index (κ1) is 32.1. The maximum atomic E-state index is 5.89. The molecular formula is C28H48O9. The lowest BCUT2D eigenvalue weighted by Gasteiger charge is -2.27. The summed E-state index contributed by atoms with van der Waals surface area (Å²) in [5, 5.41) is 0. The van der Waals surface area contributed by atoms with Gasteiger partial charge < -0.3 is 42.6 Å². The van der Waals surface area contributed by atoms with E-state index in [2.05, 4.69) is 19.7 Å². The van der Waals surface area contributed by atoms with E-state index in [4.69, 9.17) is 42.6 Å². The van der Waals surface area contributed by atoms with Crippen LogP contribution in [0, 0.1) is 0 Å². The highest BCUT2D eigenvalue weighted by Crippen LogP contribution is 2.17. The molecule has 0 N–H and O–H groups in total. The summed E-state index contributed by atoms with van der Waals surface area (Å²) in [6.07, 6.45) is 11.4. The van der Waals surface area contributed by atoms with E-state index < -0.39 is 0 Å². The van der Waals surface area contributed by atoms with Crippen molar-refractivity contribution in [1.29, 1.82) is 0 Å². The zero-order valence-electron chi connectivity index (χ0n) is 22.4. The summed E-state index contributed by atoms with van der Waals surface area (Å²) in [6, 6.07) is 0. The molecule has 3 fully saturated rings. The van der Waals surface area contributed by atoms with Gasteiger partial charge in [-0.05, 0) is 38.5 Å². The van der Waals surface area contributed by atoms with Crippen LogP contribution in [0.25, 0.3) is 0 Å². The first-order valence-corrected chi connectivity index (χ1v) is 13.5. The van der Waals surface area contributed by atoms with E-state index in [0.29, 0.717) is 52.9 Å². The lowest BCUT2D eigenvalue weighted by atomic mass is 10.2. The molecule has 3 heterocycles. The third-order valence-electron chi connectivity index (χ3n) is 5.59. The van der Waals surface area contributed by atoms with E-state index in [1.807, 2.05) is 0 Å². The van der Waals surface area contributed by atoms with E-state index in [9.17, 15) is 0 Å². The van der Waals surface area contributed by atoms with Crippen LogP contribution in [0.3, 0.4) is 0 Å². The molecule has 0 saturated carbocycles. The highest BCUT2D eigenvalue weighted by Gasteiger charge is 2.25. The Bertz CT molecular complexity index is 558. The molecule has 0 aromatic rings. The van der Waals surface area contributed by atoms with Crippen LogP contribution >= 0.6 is 0 Å². The van der Waals surface area contributed by atoms with Crippen molar-refractivity contribution in [1.82, 2.24) is 0 Å². The molecule has 3 aliphatic heterocycles. The molecule has 3 aliphatic rings. The lowest BCUT2D eigenvalue weighted by Crippen LogP contribution is -2.34. The largest absolute Gasteiger partial charge is 0.376 e. The molecule has 214 valence electrons. The quantitative estimate of drug-likeness (QED) is 0.133. The molecule has 0 aromatic heterocycles. The van der Waals surface area contributed by atoms with Crippen LogP contribution in [0.2, 0.25) is 0 Å². The fourth-order valence-electron chi connectivity index (χ4n) is 3.66. The number of epoxide rings is 1. The Kier molecular flexibility index (Phi) is 18.9. The second-order valence-electron chi connectivity index (χ2n) is 9.08. The molecule has 0 aromatic carbocycles. The zero-order chi connectivity index (χ0) is 26.4. The summed E-state index contributed by atoms with van der Waals surface area (Å²) in [5.74, 6) is 0. The monoisotopic (exact) mass is 528 g/mol. The Morgan fingerprint density at radius 1 is 0.622 bits per heavy atom. The van der Waals surface area contributed by atoms with Crippen molar-refractivity contribution in [3.8, 4) is 0 Å². The fourth-order valence-corrected chi connectivity index (χ4v) is 3.66. The minimum atomic E-state index is -0.122. The molecule has 0 radical (unpaired) electrons. The first-order chi connectivity index (χ1) is 18.2. The van der Waals surface area contributed by atoms with Crippen LogP contribution in [0.15, 0.2) is 38.0 Å². The second-order valence-corrected chi connectivity index (χ2v) is 9.08. The van der Waals surface area contributed by atoms with Gasteiger partial charge in [-0.1, -0.05) is 18.2 Å². The summed E-state index contributed by atoms with van der Waals surface area (Å²) >= 11 is 0. The van der Waals surface area contributed by atoms with Crippen LogP contribution in [0.4, 0.5) is 0 Å². The molecule has 37 heavy (non-hydrogen) atoms. The summed E-state index contributed by atoms with van der Waals surface area (Å²) in [6.45, 7) is 17.4. The van der Waals surface area contributed by atoms with Crippen LogP contribution in [0.5, 0.6) is 0 Å². The van der Waals surface area contributed by atoms with E-state index in [1.54, 1.807) is 18.2 Å². The lowest BCUT2D eigenvalue weighted by molar-refractivity contribution is -0.207. The van der Waals surface area contributed by atoms with Gasteiger partial charge in [-0.3, -0.25) is 0 Å². The Morgan fingerprint density at radius 2 is 1.05 bits per heavy atom. The number of ether oxygens (including phenoxy) is 9. The number of hydrogen-bond acceptors (Lipinski definition) is 9. The van der Waals surface area contributed by atoms with Gasteiger partial charge >= 0.3 is 0 Å². The number of hydrogen-bond donors (Lipinski definition) is 0. The van der Waals surface area contributed by atoms with Gasteiger partial charge in [-0.2, -0.15) is 0 Å². The van der Waals surface area contributed by atoms with Crippen molar-refractivity contribution in [3.05, 3.63) is 38.0 Å². The SMILES string of the molecule is C=CCOCC(COCC1CO1)OC1CCCCO1.C=CCOCC(COCC=C)OC1CCCCO1. The molecule has 0 bridgehead atoms. The zero-order valence-corrected chi connectivity index (χ0v) is 22.4. The van der Waals surface area contributed by atoms with Crippen LogP contribution in [-0.4, -0.2) is 104 Å². The Balaban J connectivity index is 0.000000261. The highest BCUT2D eigenvalue weighted by molar-refractivity contribution is 4.70. The standard InChI is InChI=1S/C14H24O5.C14H24O4/c1-2-6-15-9-13(10-16-8-12-11-18-12)19-14-5-3-4-7-17-14;1-3-8-15-11-13(12-16-9-4-2)18-14-7-5-6-10-17-14/h2,12-14H,1,3-11H2;3-4,13-14H,1-2,5-12H2. The van der Waals surface area contributed by atoms with Gasteiger partial charge in [0.2, 0.25) is 0 Å². The Labute approximate surface area is 223 Å². The van der Waals surface area contributed by atoms with Crippen molar-refractivity contribution >= 4 is 0 Å². The van der Waals surface area contributed by atoms with Crippen molar-refractivity contribution in [2.75, 3.05) is 72.7 Å². The molecular weight excluding hydrogens is 480 g/mol. The molecule has 4 unspecified atom stereocenters. The van der Waals surface area contributed by atoms with Gasteiger partial charge in [0.1, 0.15) is 18.3 Å². The normalized spacial score (nSPS) is 24.1. The first-order valence-electron chi connectivity index (χ1n) is 13.5. The summed E-state index contributed by atoms with van der Waals surface area (Å²) in [4.78, 5) is 0. The molecule has 9 heteroatoms. The predicted octanol–water partition coefficient (Wildman–Crippen LogP) is 3.82. The molecule has 9 nitrogen and oxygen atoms in total. The van der Waals surface area contributed by atoms with Crippen molar-refractivity contribution in [2.24, 2.45) is 0 Å². The predicted molar refractivity (Wildman–Crippen MR) is 141 cm³/mol. The molecule has 0 aliphatic carbocycles. The van der Waals surface area contributed by atoms with Crippen LogP contribution < -0.4 is 0 Å². The molecule has 3 saturated heterocycles. The van der Waals surface area contributed by atoms with E-state index in [1.165, 1.54) is 0 Å². The minimum Gasteiger partial charge on any atom is -0.376 e. The topological polar surface area (TPSA) is 86.4 Å². The maximum Gasteiger partial charge on any atom is 0.158 e. The summed E-state index contributed by atoms with van der Waals surface area (Å²) in [5.41, 5.74) is 0. The average Bonchev–Trinajstić information content (AvgIpc) is 3.75. The third-order valence-corrected chi connectivity index (χ3v) is 5.59. The molecule has 4 atom stereocenters. The highest BCUT2D eigenvalue weighted by atomic mass is 16.7. The van der Waals surface area contributed by atoms with Gasteiger partial charge in [-0.25, -0.2) is 0 Å². The summed E-state index contributed by atoms with van der Waals surface area (Å²) in [7, 11) is 0. The van der Waals surface area contributed by atoms with Crippen molar-refractivity contribution in [3.63, 3.8) is 0 Å².